The SMILES string of the molecule is Cc1cc(C)nc(/N=C(/NC(=O)Nc2ccc(Cl)c(Cl)c2)N2CCN(c3nsc4ccccc34)CC2)n1. The number of benzene rings is 2. The number of nitrogens with one attached hydrogen (secondary N) is 2. The number of carbonyl (C=O) groups excluding carboxylic acids is 1. The number of fused-ring (bicyclic) bond motifs is 1. The van der Waals surface area contributed by atoms with E-state index in [0.717, 1.165) is 40.4 Å². The van der Waals surface area contributed by atoms with Crippen molar-refractivity contribution in [3.63, 3.8) is 0 Å². The van der Waals surface area contributed by atoms with Crippen LogP contribution in [-0.2, 0) is 0 Å². The van der Waals surface area contributed by atoms with Gasteiger partial charge in [-0.05, 0) is 61.8 Å². The van der Waals surface area contributed by atoms with Crippen molar-refractivity contribution in [2.75, 3.05) is 36.4 Å². The first-order valence-electron chi connectivity index (χ1n) is 11.6. The highest BCUT2D eigenvalue weighted by molar-refractivity contribution is 7.13. The standard InChI is InChI=1S/C25H24Cl2N8OS/c1-15-13-16(2)29-23(28-15)31-24(32-25(36)30-17-7-8-19(26)20(27)14-17)35-11-9-34(10-12-35)22-18-5-3-4-6-21(18)37-33-22/h3-8,13-14H,9-12H2,1-2H3,(H2,28,29,30,31,32,36). The summed E-state index contributed by atoms with van der Waals surface area (Å²) in [6.45, 7) is 6.46. The van der Waals surface area contributed by atoms with E-state index in [1.54, 1.807) is 18.2 Å². The number of carbonyl (C=O) groups is 1. The van der Waals surface area contributed by atoms with Gasteiger partial charge in [-0.15, -0.1) is 0 Å². The Morgan fingerprint density at radius 2 is 1.70 bits per heavy atom. The fourth-order valence-electron chi connectivity index (χ4n) is 4.10. The molecule has 0 atom stereocenters. The minimum Gasteiger partial charge on any atom is -0.352 e. The van der Waals surface area contributed by atoms with Crippen LogP contribution >= 0.6 is 34.7 Å². The first-order valence-corrected chi connectivity index (χ1v) is 13.2. The van der Waals surface area contributed by atoms with Gasteiger partial charge in [-0.25, -0.2) is 14.8 Å². The smallest absolute Gasteiger partial charge is 0.326 e. The highest BCUT2D eigenvalue weighted by Crippen LogP contribution is 2.30. The number of halogens is 2. The quantitative estimate of drug-likeness (QED) is 0.251. The molecule has 190 valence electrons. The molecule has 0 spiro atoms. The molecular formula is C25H24Cl2N8OS. The second kappa shape index (κ2) is 10.9. The number of hydrogen-bond donors (Lipinski definition) is 2. The summed E-state index contributed by atoms with van der Waals surface area (Å²) < 4.78 is 5.85. The molecule has 0 saturated carbocycles. The molecule has 12 heteroatoms. The van der Waals surface area contributed by atoms with E-state index < -0.39 is 6.03 Å². The highest BCUT2D eigenvalue weighted by Gasteiger charge is 2.24. The molecule has 2 N–H and O–H groups in total. The minimum absolute atomic E-state index is 0.287. The zero-order valence-electron chi connectivity index (χ0n) is 20.2. The molecular weight excluding hydrogens is 531 g/mol. The number of hydrogen-bond acceptors (Lipinski definition) is 7. The van der Waals surface area contributed by atoms with Crippen molar-refractivity contribution in [3.05, 3.63) is 70.0 Å². The van der Waals surface area contributed by atoms with Crippen LogP contribution in [0.25, 0.3) is 10.1 Å². The molecule has 4 aromatic rings. The maximum absolute atomic E-state index is 12.9. The van der Waals surface area contributed by atoms with Crippen molar-refractivity contribution in [2.45, 2.75) is 13.8 Å². The fourth-order valence-corrected chi connectivity index (χ4v) is 5.19. The summed E-state index contributed by atoms with van der Waals surface area (Å²) in [5.74, 6) is 1.64. The lowest BCUT2D eigenvalue weighted by atomic mass is 10.2. The lowest BCUT2D eigenvalue weighted by molar-refractivity contribution is 0.254. The normalized spacial score (nSPS) is 14.2. The Balaban J connectivity index is 1.35. The van der Waals surface area contributed by atoms with Crippen molar-refractivity contribution < 1.29 is 4.79 Å². The fraction of sp³-hybridized carbons (Fsp3) is 0.240. The van der Waals surface area contributed by atoms with Gasteiger partial charge in [-0.1, -0.05) is 35.3 Å². The second-order valence-electron chi connectivity index (χ2n) is 8.57. The van der Waals surface area contributed by atoms with Crippen molar-refractivity contribution >= 4 is 74.3 Å². The summed E-state index contributed by atoms with van der Waals surface area (Å²) in [6, 6.07) is 14.5. The van der Waals surface area contributed by atoms with Crippen molar-refractivity contribution in [1.29, 1.82) is 0 Å². The first kappa shape index (κ1) is 25.2. The lowest BCUT2D eigenvalue weighted by Crippen LogP contribution is -2.54. The van der Waals surface area contributed by atoms with Gasteiger partial charge in [0.2, 0.25) is 5.96 Å². The number of nitrogens with zero attached hydrogens (tertiary/aromatic N) is 6. The van der Waals surface area contributed by atoms with Crippen LogP contribution in [0.15, 0.2) is 53.5 Å². The molecule has 2 aromatic carbocycles. The van der Waals surface area contributed by atoms with Gasteiger partial charge in [-0.3, -0.25) is 5.32 Å². The Hall–Kier alpha value is -3.47. The molecule has 1 aliphatic rings. The number of amides is 2. The number of guanidine groups is 1. The second-order valence-corrected chi connectivity index (χ2v) is 10.2. The van der Waals surface area contributed by atoms with Gasteiger partial charge in [0.1, 0.15) is 5.82 Å². The van der Waals surface area contributed by atoms with Crippen molar-refractivity contribution in [3.8, 4) is 0 Å². The zero-order valence-corrected chi connectivity index (χ0v) is 22.5. The van der Waals surface area contributed by atoms with E-state index in [2.05, 4.69) is 47.0 Å². The molecule has 0 unspecified atom stereocenters. The van der Waals surface area contributed by atoms with Crippen molar-refractivity contribution in [1.82, 2.24) is 24.6 Å². The number of urea groups is 1. The van der Waals surface area contributed by atoms with Crippen LogP contribution < -0.4 is 15.5 Å². The highest BCUT2D eigenvalue weighted by atomic mass is 35.5. The zero-order chi connectivity index (χ0) is 25.9. The molecule has 5 rings (SSSR count). The Bertz CT molecular complexity index is 1460. The van der Waals surface area contributed by atoms with Crippen LogP contribution in [0.1, 0.15) is 11.4 Å². The van der Waals surface area contributed by atoms with E-state index in [0.29, 0.717) is 34.8 Å². The molecule has 1 fully saturated rings. The third-order valence-electron chi connectivity index (χ3n) is 5.82. The maximum Gasteiger partial charge on any atom is 0.326 e. The predicted octanol–water partition coefficient (Wildman–Crippen LogP) is 5.64. The van der Waals surface area contributed by atoms with Gasteiger partial charge in [0.05, 0.1) is 14.7 Å². The Morgan fingerprint density at radius 3 is 2.43 bits per heavy atom. The van der Waals surface area contributed by atoms with Gasteiger partial charge < -0.3 is 15.1 Å². The van der Waals surface area contributed by atoms with Crippen LogP contribution in [0.2, 0.25) is 10.0 Å². The third kappa shape index (κ3) is 5.93. The topological polar surface area (TPSA) is 98.6 Å². The van der Waals surface area contributed by atoms with Crippen LogP contribution in [0.5, 0.6) is 0 Å². The summed E-state index contributed by atoms with van der Waals surface area (Å²) in [5, 5.41) is 7.56. The molecule has 3 heterocycles. The number of rotatable bonds is 3. The molecule has 0 radical (unpaired) electrons. The minimum atomic E-state index is -0.463. The molecule has 2 aromatic heterocycles. The summed E-state index contributed by atoms with van der Waals surface area (Å²) >= 11 is 13.6. The average molecular weight is 555 g/mol. The number of anilines is 2. The Labute approximate surface area is 228 Å². The van der Waals surface area contributed by atoms with E-state index in [-0.39, 0.29) is 5.95 Å². The van der Waals surface area contributed by atoms with Gasteiger partial charge in [0, 0.05) is 48.6 Å². The van der Waals surface area contributed by atoms with Gasteiger partial charge in [0.25, 0.3) is 5.95 Å². The largest absolute Gasteiger partial charge is 0.352 e. The first-order chi connectivity index (χ1) is 17.9. The number of aromatic nitrogens is 3. The van der Waals surface area contributed by atoms with Crippen molar-refractivity contribution in [2.24, 2.45) is 4.99 Å². The molecule has 2 amide bonds. The third-order valence-corrected chi connectivity index (χ3v) is 7.37. The average Bonchev–Trinajstić information content (AvgIpc) is 3.30. The number of aliphatic imine (C=N–C) groups is 1. The van der Waals surface area contributed by atoms with Crippen LogP contribution in [0, 0.1) is 13.8 Å². The molecule has 1 aliphatic heterocycles. The Morgan fingerprint density at radius 1 is 0.973 bits per heavy atom. The molecule has 1 saturated heterocycles. The van der Waals surface area contributed by atoms with E-state index in [1.807, 2.05) is 36.9 Å². The maximum atomic E-state index is 12.9. The lowest BCUT2D eigenvalue weighted by Gasteiger charge is -2.36. The summed E-state index contributed by atoms with van der Waals surface area (Å²) in [7, 11) is 0. The van der Waals surface area contributed by atoms with E-state index >= 15 is 0 Å². The predicted molar refractivity (Wildman–Crippen MR) is 151 cm³/mol. The van der Waals surface area contributed by atoms with Crippen LogP contribution in [0.4, 0.5) is 22.2 Å². The monoisotopic (exact) mass is 554 g/mol. The summed E-state index contributed by atoms with van der Waals surface area (Å²) in [5.41, 5.74) is 2.10. The molecule has 37 heavy (non-hydrogen) atoms. The van der Waals surface area contributed by atoms with Gasteiger partial charge in [0.15, 0.2) is 0 Å². The molecule has 0 aliphatic carbocycles. The number of piperazine rings is 1. The van der Waals surface area contributed by atoms with E-state index in [1.165, 1.54) is 11.5 Å². The van der Waals surface area contributed by atoms with Gasteiger partial charge >= 0.3 is 6.03 Å². The molecule has 9 nitrogen and oxygen atoms in total. The van der Waals surface area contributed by atoms with Crippen LogP contribution in [0.3, 0.4) is 0 Å². The van der Waals surface area contributed by atoms with Crippen LogP contribution in [-0.4, -0.2) is 57.4 Å². The van der Waals surface area contributed by atoms with E-state index in [4.69, 9.17) is 23.2 Å². The number of aryl methyl sites for hydroxylation is 2. The summed E-state index contributed by atoms with van der Waals surface area (Å²) in [6.07, 6.45) is 0. The summed E-state index contributed by atoms with van der Waals surface area (Å²) in [4.78, 5) is 30.7. The Kier molecular flexibility index (Phi) is 7.40. The van der Waals surface area contributed by atoms with E-state index in [9.17, 15) is 4.79 Å². The molecule has 0 bridgehead atoms. The van der Waals surface area contributed by atoms with Gasteiger partial charge in [-0.2, -0.15) is 9.37 Å².